The zero-order chi connectivity index (χ0) is 17.8. The number of anilines is 2. The summed E-state index contributed by atoms with van der Waals surface area (Å²) < 4.78 is 5.11. The molecule has 9 heteroatoms. The zero-order valence-electron chi connectivity index (χ0n) is 12.9. The van der Waals surface area contributed by atoms with E-state index in [4.69, 9.17) is 27.9 Å². The van der Waals surface area contributed by atoms with Crippen LogP contribution in [0.2, 0.25) is 10.0 Å². The van der Waals surface area contributed by atoms with Gasteiger partial charge in [-0.05, 0) is 24.3 Å². The van der Waals surface area contributed by atoms with Gasteiger partial charge >= 0.3 is 6.03 Å². The Labute approximate surface area is 157 Å². The number of carbonyl (C=O) groups excluding carboxylic acids is 1. The first-order chi connectivity index (χ1) is 12.0. The number of carbonyl (C=O) groups is 1. The zero-order valence-corrected chi connectivity index (χ0v) is 15.2. The Morgan fingerprint density at radius 3 is 2.68 bits per heavy atom. The van der Waals surface area contributed by atoms with Crippen LogP contribution < -0.4 is 15.4 Å². The third-order valence-electron chi connectivity index (χ3n) is 3.14. The molecule has 0 bridgehead atoms. The summed E-state index contributed by atoms with van der Waals surface area (Å²) in [6.45, 7) is 0. The molecule has 128 valence electrons. The van der Waals surface area contributed by atoms with Crippen LogP contribution in [-0.4, -0.2) is 23.3 Å². The fourth-order valence-electron chi connectivity index (χ4n) is 1.98. The lowest BCUT2D eigenvalue weighted by atomic mass is 10.2. The highest BCUT2D eigenvalue weighted by molar-refractivity contribution is 7.18. The van der Waals surface area contributed by atoms with Gasteiger partial charge in [-0.1, -0.05) is 46.7 Å². The van der Waals surface area contributed by atoms with E-state index in [2.05, 4.69) is 20.8 Å². The van der Waals surface area contributed by atoms with Crippen molar-refractivity contribution in [2.24, 2.45) is 0 Å². The highest BCUT2D eigenvalue weighted by Gasteiger charge is 2.11. The summed E-state index contributed by atoms with van der Waals surface area (Å²) in [5.74, 6) is 0.649. The van der Waals surface area contributed by atoms with Crippen molar-refractivity contribution < 1.29 is 9.53 Å². The minimum atomic E-state index is -0.426. The van der Waals surface area contributed by atoms with Gasteiger partial charge in [0.2, 0.25) is 5.13 Å². The van der Waals surface area contributed by atoms with E-state index in [0.717, 1.165) is 5.56 Å². The van der Waals surface area contributed by atoms with Crippen molar-refractivity contribution in [1.82, 2.24) is 10.2 Å². The van der Waals surface area contributed by atoms with Crippen molar-refractivity contribution in [2.75, 3.05) is 17.7 Å². The Bertz CT molecular complexity index is 917. The number of benzene rings is 2. The normalized spacial score (nSPS) is 10.4. The third kappa shape index (κ3) is 4.39. The van der Waals surface area contributed by atoms with E-state index < -0.39 is 6.03 Å². The Balaban J connectivity index is 1.68. The molecule has 6 nitrogen and oxygen atoms in total. The number of rotatable bonds is 4. The molecule has 0 radical (unpaired) electrons. The molecule has 0 aliphatic carbocycles. The van der Waals surface area contributed by atoms with Crippen molar-refractivity contribution in [3.63, 3.8) is 0 Å². The van der Waals surface area contributed by atoms with Crippen LogP contribution in [0.5, 0.6) is 5.75 Å². The van der Waals surface area contributed by atoms with E-state index in [0.29, 0.717) is 31.6 Å². The molecule has 0 saturated carbocycles. The van der Waals surface area contributed by atoms with E-state index in [9.17, 15) is 4.79 Å². The number of hydrogen-bond acceptors (Lipinski definition) is 5. The Morgan fingerprint density at radius 1 is 1.08 bits per heavy atom. The van der Waals surface area contributed by atoms with Crippen LogP contribution in [-0.2, 0) is 0 Å². The van der Waals surface area contributed by atoms with E-state index in [1.54, 1.807) is 49.6 Å². The number of methoxy groups -OCH3 is 1. The molecule has 0 spiro atoms. The first-order valence-corrected chi connectivity index (χ1v) is 8.63. The lowest BCUT2D eigenvalue weighted by molar-refractivity contribution is 0.262. The van der Waals surface area contributed by atoms with Crippen molar-refractivity contribution in [2.45, 2.75) is 0 Å². The van der Waals surface area contributed by atoms with Gasteiger partial charge in [0.1, 0.15) is 10.8 Å². The van der Waals surface area contributed by atoms with Crippen molar-refractivity contribution in [1.29, 1.82) is 0 Å². The molecule has 0 atom stereocenters. The summed E-state index contributed by atoms with van der Waals surface area (Å²) in [5, 5.41) is 15.2. The second-order valence-corrected chi connectivity index (χ2v) is 6.64. The van der Waals surface area contributed by atoms with Crippen LogP contribution in [0.4, 0.5) is 15.6 Å². The first kappa shape index (κ1) is 17.5. The molecule has 25 heavy (non-hydrogen) atoms. The summed E-state index contributed by atoms with van der Waals surface area (Å²) in [4.78, 5) is 12.1. The van der Waals surface area contributed by atoms with Crippen molar-refractivity contribution >= 4 is 51.4 Å². The summed E-state index contributed by atoms with van der Waals surface area (Å²) in [7, 11) is 1.56. The molecule has 3 rings (SSSR count). The number of aromatic nitrogens is 2. The molecule has 1 aromatic heterocycles. The van der Waals surface area contributed by atoms with Crippen molar-refractivity contribution in [3.8, 4) is 16.3 Å². The number of halogens is 2. The maximum absolute atomic E-state index is 12.1. The number of ether oxygens (including phenoxy) is 1. The second kappa shape index (κ2) is 7.69. The van der Waals surface area contributed by atoms with E-state index in [1.165, 1.54) is 11.3 Å². The lowest BCUT2D eigenvalue weighted by Gasteiger charge is -2.06. The summed E-state index contributed by atoms with van der Waals surface area (Å²) in [6, 6.07) is 11.8. The number of nitrogens with one attached hydrogen (secondary N) is 2. The van der Waals surface area contributed by atoms with Gasteiger partial charge in [-0.25, -0.2) is 4.79 Å². The fourth-order valence-corrected chi connectivity index (χ4v) is 3.01. The second-order valence-electron chi connectivity index (χ2n) is 4.85. The van der Waals surface area contributed by atoms with Crippen LogP contribution in [0.25, 0.3) is 10.6 Å². The van der Waals surface area contributed by atoms with Gasteiger partial charge in [-0.3, -0.25) is 5.32 Å². The molecule has 2 aromatic carbocycles. The topological polar surface area (TPSA) is 76.1 Å². The average molecular weight is 395 g/mol. The molecule has 0 fully saturated rings. The largest absolute Gasteiger partial charge is 0.497 e. The SMILES string of the molecule is COc1cccc(NC(=O)Nc2nnc(-c3ccc(Cl)c(Cl)c3)s2)c1. The standard InChI is InChI=1S/C16H12Cl2N4O2S/c1-24-11-4-2-3-10(8-11)19-15(23)20-16-22-21-14(25-16)9-5-6-12(17)13(18)7-9/h2-8H,1H3,(H2,19,20,22,23). The number of amides is 2. The summed E-state index contributed by atoms with van der Waals surface area (Å²) in [6.07, 6.45) is 0. The number of nitrogens with zero attached hydrogens (tertiary/aromatic N) is 2. The first-order valence-electron chi connectivity index (χ1n) is 7.06. The van der Waals surface area contributed by atoms with Crippen LogP contribution in [0.3, 0.4) is 0 Å². The van der Waals surface area contributed by atoms with Gasteiger partial charge in [0.15, 0.2) is 0 Å². The van der Waals surface area contributed by atoms with Crippen molar-refractivity contribution in [3.05, 3.63) is 52.5 Å². The van der Waals surface area contributed by atoms with Gasteiger partial charge in [0.05, 0.1) is 17.2 Å². The Hall–Kier alpha value is -2.35. The van der Waals surface area contributed by atoms with Crippen LogP contribution in [0, 0.1) is 0 Å². The smallest absolute Gasteiger partial charge is 0.325 e. The minimum absolute atomic E-state index is 0.362. The van der Waals surface area contributed by atoms with Gasteiger partial charge in [0.25, 0.3) is 0 Å². The predicted molar refractivity (Wildman–Crippen MR) is 101 cm³/mol. The van der Waals surface area contributed by atoms with Gasteiger partial charge in [-0.15, -0.1) is 10.2 Å². The lowest BCUT2D eigenvalue weighted by Crippen LogP contribution is -2.19. The molecule has 2 N–H and O–H groups in total. The molecule has 0 saturated heterocycles. The van der Waals surface area contributed by atoms with Gasteiger partial charge < -0.3 is 10.1 Å². The Kier molecular flexibility index (Phi) is 5.37. The minimum Gasteiger partial charge on any atom is -0.497 e. The molecule has 1 heterocycles. The number of urea groups is 1. The van der Waals surface area contributed by atoms with Gasteiger partial charge in [-0.2, -0.15) is 0 Å². The van der Waals surface area contributed by atoms with Crippen LogP contribution in [0.15, 0.2) is 42.5 Å². The highest BCUT2D eigenvalue weighted by atomic mass is 35.5. The quantitative estimate of drug-likeness (QED) is 0.640. The van der Waals surface area contributed by atoms with E-state index >= 15 is 0 Å². The van der Waals surface area contributed by atoms with E-state index in [1.807, 2.05) is 0 Å². The van der Waals surface area contributed by atoms with Crippen LogP contribution >= 0.6 is 34.5 Å². The van der Waals surface area contributed by atoms with Crippen LogP contribution in [0.1, 0.15) is 0 Å². The summed E-state index contributed by atoms with van der Waals surface area (Å²) in [5.41, 5.74) is 1.37. The summed E-state index contributed by atoms with van der Waals surface area (Å²) >= 11 is 13.1. The third-order valence-corrected chi connectivity index (χ3v) is 4.77. The fraction of sp³-hybridized carbons (Fsp3) is 0.0625. The predicted octanol–water partition coefficient (Wildman–Crippen LogP) is 5.16. The molecule has 0 aliphatic heterocycles. The number of hydrogen-bond donors (Lipinski definition) is 2. The molecular weight excluding hydrogens is 383 g/mol. The highest BCUT2D eigenvalue weighted by Crippen LogP contribution is 2.31. The average Bonchev–Trinajstić information content (AvgIpc) is 3.05. The van der Waals surface area contributed by atoms with E-state index in [-0.39, 0.29) is 0 Å². The molecule has 0 aliphatic rings. The molecule has 2 amide bonds. The van der Waals surface area contributed by atoms with Gasteiger partial charge in [0, 0.05) is 17.3 Å². The Morgan fingerprint density at radius 2 is 1.92 bits per heavy atom. The monoisotopic (exact) mass is 394 g/mol. The molecular formula is C16H12Cl2N4O2S. The molecule has 3 aromatic rings. The maximum Gasteiger partial charge on any atom is 0.325 e. The maximum atomic E-state index is 12.1. The molecule has 0 unspecified atom stereocenters.